The summed E-state index contributed by atoms with van der Waals surface area (Å²) in [5.41, 5.74) is 1.26. The number of halogens is 2. The van der Waals surface area contributed by atoms with Crippen LogP contribution in [0.4, 0.5) is 0 Å². The Balaban J connectivity index is 0.00000156. The first-order valence-electron chi connectivity index (χ1n) is 8.28. The molecule has 0 aliphatic carbocycles. The SMILES string of the molecule is C(=CN1CCN(CCOc2ccccc2)CC1)c1ccccc1.Cl.Cl. The second-order valence-electron chi connectivity index (χ2n) is 5.77. The monoisotopic (exact) mass is 380 g/mol. The molecule has 1 fully saturated rings. The molecule has 0 radical (unpaired) electrons. The van der Waals surface area contributed by atoms with Crippen LogP contribution in [0.25, 0.3) is 6.08 Å². The number of para-hydroxylation sites is 1. The van der Waals surface area contributed by atoms with Gasteiger partial charge in [-0.15, -0.1) is 24.8 Å². The van der Waals surface area contributed by atoms with Crippen LogP contribution in [0, 0.1) is 0 Å². The summed E-state index contributed by atoms with van der Waals surface area (Å²) in [4.78, 5) is 4.86. The predicted molar refractivity (Wildman–Crippen MR) is 110 cm³/mol. The standard InChI is InChI=1S/C20H24N2O.2ClH/c1-3-7-19(8-4-1)11-12-21-13-15-22(16-14-21)17-18-23-20-9-5-2-6-10-20;;/h1-12H,13-18H2;2*1H. The minimum absolute atomic E-state index is 0. The average molecular weight is 381 g/mol. The first-order valence-corrected chi connectivity index (χ1v) is 8.28. The Kier molecular flexibility index (Phi) is 10.1. The van der Waals surface area contributed by atoms with E-state index in [9.17, 15) is 0 Å². The molecule has 0 atom stereocenters. The Labute approximate surface area is 163 Å². The van der Waals surface area contributed by atoms with E-state index in [0.29, 0.717) is 0 Å². The van der Waals surface area contributed by atoms with E-state index in [1.807, 2.05) is 36.4 Å². The fourth-order valence-electron chi connectivity index (χ4n) is 2.70. The predicted octanol–water partition coefficient (Wildman–Crippen LogP) is 4.20. The van der Waals surface area contributed by atoms with Gasteiger partial charge in [0.2, 0.25) is 0 Å². The molecule has 2 aromatic carbocycles. The van der Waals surface area contributed by atoms with Gasteiger partial charge in [0.15, 0.2) is 0 Å². The summed E-state index contributed by atoms with van der Waals surface area (Å²) >= 11 is 0. The van der Waals surface area contributed by atoms with E-state index in [1.165, 1.54) is 5.56 Å². The van der Waals surface area contributed by atoms with Crippen molar-refractivity contribution in [2.45, 2.75) is 0 Å². The highest BCUT2D eigenvalue weighted by Crippen LogP contribution is 2.09. The van der Waals surface area contributed by atoms with Crippen LogP contribution >= 0.6 is 24.8 Å². The average Bonchev–Trinajstić information content (AvgIpc) is 2.63. The minimum atomic E-state index is 0. The normalized spacial score (nSPS) is 14.6. The molecule has 0 aromatic heterocycles. The molecule has 0 saturated carbocycles. The van der Waals surface area contributed by atoms with E-state index in [0.717, 1.165) is 45.1 Å². The number of piperazine rings is 1. The maximum absolute atomic E-state index is 5.77. The molecule has 136 valence electrons. The van der Waals surface area contributed by atoms with Gasteiger partial charge in [-0.3, -0.25) is 4.90 Å². The summed E-state index contributed by atoms with van der Waals surface area (Å²) in [5.74, 6) is 0.955. The van der Waals surface area contributed by atoms with Crippen molar-refractivity contribution >= 4 is 30.9 Å². The zero-order valence-corrected chi connectivity index (χ0v) is 15.9. The van der Waals surface area contributed by atoms with E-state index in [-0.39, 0.29) is 24.8 Å². The number of hydrogen-bond acceptors (Lipinski definition) is 3. The van der Waals surface area contributed by atoms with Gasteiger partial charge in [0.1, 0.15) is 12.4 Å². The number of nitrogens with zero attached hydrogens (tertiary/aromatic N) is 2. The number of benzene rings is 2. The number of ether oxygens (including phenoxy) is 1. The second-order valence-corrected chi connectivity index (χ2v) is 5.77. The lowest BCUT2D eigenvalue weighted by molar-refractivity contribution is 0.145. The van der Waals surface area contributed by atoms with E-state index in [4.69, 9.17) is 4.74 Å². The van der Waals surface area contributed by atoms with Gasteiger partial charge in [0, 0.05) is 32.7 Å². The van der Waals surface area contributed by atoms with E-state index >= 15 is 0 Å². The van der Waals surface area contributed by atoms with Crippen LogP contribution in [0.3, 0.4) is 0 Å². The van der Waals surface area contributed by atoms with E-state index < -0.39 is 0 Å². The second kappa shape index (κ2) is 11.8. The summed E-state index contributed by atoms with van der Waals surface area (Å²) in [7, 11) is 0. The Hall–Kier alpha value is -1.68. The molecule has 5 heteroatoms. The molecule has 0 spiro atoms. The molecule has 2 aromatic rings. The molecule has 25 heavy (non-hydrogen) atoms. The molecule has 3 rings (SSSR count). The lowest BCUT2D eigenvalue weighted by atomic mass is 10.2. The molecule has 0 unspecified atom stereocenters. The van der Waals surface area contributed by atoms with Gasteiger partial charge < -0.3 is 9.64 Å². The Morgan fingerprint density at radius 1 is 0.800 bits per heavy atom. The van der Waals surface area contributed by atoms with Crippen LogP contribution < -0.4 is 4.74 Å². The summed E-state index contributed by atoms with van der Waals surface area (Å²) in [6.45, 7) is 6.09. The Morgan fingerprint density at radius 2 is 1.40 bits per heavy atom. The lowest BCUT2D eigenvalue weighted by Gasteiger charge is -2.33. The van der Waals surface area contributed by atoms with E-state index in [2.05, 4.69) is 46.3 Å². The van der Waals surface area contributed by atoms with Crippen molar-refractivity contribution < 1.29 is 4.74 Å². The van der Waals surface area contributed by atoms with Crippen LogP contribution in [0.2, 0.25) is 0 Å². The molecule has 0 bridgehead atoms. The van der Waals surface area contributed by atoms with E-state index in [1.54, 1.807) is 0 Å². The Morgan fingerprint density at radius 3 is 2.04 bits per heavy atom. The summed E-state index contributed by atoms with van der Waals surface area (Å²) in [6, 6.07) is 20.5. The van der Waals surface area contributed by atoms with Crippen molar-refractivity contribution in [3.05, 3.63) is 72.4 Å². The highest BCUT2D eigenvalue weighted by Gasteiger charge is 2.13. The molecule has 1 aliphatic rings. The molecule has 1 saturated heterocycles. The van der Waals surface area contributed by atoms with Crippen LogP contribution in [0.5, 0.6) is 5.75 Å². The largest absolute Gasteiger partial charge is 0.492 e. The topological polar surface area (TPSA) is 15.7 Å². The Bertz CT molecular complexity index is 600. The first-order chi connectivity index (χ1) is 11.4. The fraction of sp³-hybridized carbons (Fsp3) is 0.300. The third-order valence-corrected chi connectivity index (χ3v) is 4.10. The lowest BCUT2D eigenvalue weighted by Crippen LogP contribution is -2.45. The van der Waals surface area contributed by atoms with Crippen molar-refractivity contribution in [1.29, 1.82) is 0 Å². The van der Waals surface area contributed by atoms with Gasteiger partial charge in [-0.25, -0.2) is 0 Å². The molecular weight excluding hydrogens is 355 g/mol. The molecule has 1 aliphatic heterocycles. The summed E-state index contributed by atoms with van der Waals surface area (Å²) in [6.07, 6.45) is 4.40. The van der Waals surface area contributed by atoms with Crippen molar-refractivity contribution in [2.75, 3.05) is 39.3 Å². The third-order valence-electron chi connectivity index (χ3n) is 4.10. The molecule has 1 heterocycles. The zero-order valence-electron chi connectivity index (χ0n) is 14.3. The van der Waals surface area contributed by atoms with Crippen LogP contribution in [0.15, 0.2) is 66.9 Å². The molecule has 0 amide bonds. The molecular formula is C20H26Cl2N2O. The fourth-order valence-corrected chi connectivity index (χ4v) is 2.70. The van der Waals surface area contributed by atoms with Crippen molar-refractivity contribution in [3.8, 4) is 5.75 Å². The van der Waals surface area contributed by atoms with Crippen LogP contribution in [0.1, 0.15) is 5.56 Å². The van der Waals surface area contributed by atoms with Gasteiger partial charge in [0.25, 0.3) is 0 Å². The van der Waals surface area contributed by atoms with Gasteiger partial charge in [-0.2, -0.15) is 0 Å². The minimum Gasteiger partial charge on any atom is -0.492 e. The summed E-state index contributed by atoms with van der Waals surface area (Å²) < 4.78 is 5.77. The zero-order chi connectivity index (χ0) is 15.7. The maximum Gasteiger partial charge on any atom is 0.119 e. The molecule has 0 N–H and O–H groups in total. The first kappa shape index (κ1) is 21.4. The highest BCUT2D eigenvalue weighted by atomic mass is 35.5. The van der Waals surface area contributed by atoms with Crippen molar-refractivity contribution in [1.82, 2.24) is 9.80 Å². The third kappa shape index (κ3) is 7.39. The van der Waals surface area contributed by atoms with Crippen molar-refractivity contribution in [3.63, 3.8) is 0 Å². The maximum atomic E-state index is 5.77. The smallest absolute Gasteiger partial charge is 0.119 e. The van der Waals surface area contributed by atoms with Gasteiger partial charge >= 0.3 is 0 Å². The van der Waals surface area contributed by atoms with Gasteiger partial charge in [-0.1, -0.05) is 48.5 Å². The van der Waals surface area contributed by atoms with Crippen LogP contribution in [-0.2, 0) is 0 Å². The van der Waals surface area contributed by atoms with Gasteiger partial charge in [0.05, 0.1) is 0 Å². The number of hydrogen-bond donors (Lipinski definition) is 0. The van der Waals surface area contributed by atoms with Crippen molar-refractivity contribution in [2.24, 2.45) is 0 Å². The number of rotatable bonds is 6. The summed E-state index contributed by atoms with van der Waals surface area (Å²) in [5, 5.41) is 0. The highest BCUT2D eigenvalue weighted by molar-refractivity contribution is 5.85. The van der Waals surface area contributed by atoms with Gasteiger partial charge in [-0.05, 0) is 30.0 Å². The quantitative estimate of drug-likeness (QED) is 0.746. The van der Waals surface area contributed by atoms with Crippen LogP contribution in [-0.4, -0.2) is 49.1 Å². The molecule has 3 nitrogen and oxygen atoms in total.